The number of carbonyl (C=O) groups is 2. The van der Waals surface area contributed by atoms with Gasteiger partial charge in [0.25, 0.3) is 0 Å². The molecule has 2 N–H and O–H groups in total. The van der Waals surface area contributed by atoms with Gasteiger partial charge in [0.05, 0.1) is 6.04 Å². The Morgan fingerprint density at radius 1 is 1.52 bits per heavy atom. The van der Waals surface area contributed by atoms with Gasteiger partial charge in [-0.25, -0.2) is 4.79 Å². The van der Waals surface area contributed by atoms with Crippen molar-refractivity contribution >= 4 is 29.3 Å². The number of carbonyl (C=O) groups excluding carboxylic acids is 1. The Labute approximate surface area is 128 Å². The number of piperidine rings is 1. The molecular formula is C15H20N2O3S. The number of hydrogen-bond acceptors (Lipinski definition) is 4. The van der Waals surface area contributed by atoms with Gasteiger partial charge < -0.3 is 10.4 Å². The molecule has 0 radical (unpaired) electrons. The molecule has 1 aliphatic heterocycles. The largest absolute Gasteiger partial charge is 0.478 e. The predicted molar refractivity (Wildman–Crippen MR) is 83.1 cm³/mol. The van der Waals surface area contributed by atoms with Gasteiger partial charge in [0.15, 0.2) is 0 Å². The number of carboxylic acid groups (broad SMARTS) is 1. The minimum atomic E-state index is -0.946. The maximum atomic E-state index is 11.9. The summed E-state index contributed by atoms with van der Waals surface area (Å²) in [5.41, 5.74) is 0.894. The van der Waals surface area contributed by atoms with E-state index in [-0.39, 0.29) is 11.9 Å². The number of carboxylic acids is 1. The summed E-state index contributed by atoms with van der Waals surface area (Å²) in [6, 6.07) is 1.93. The topological polar surface area (TPSA) is 69.6 Å². The number of thiophene rings is 1. The molecule has 0 aromatic carbocycles. The molecule has 114 valence electrons. The molecule has 0 spiro atoms. The molecule has 1 saturated heterocycles. The summed E-state index contributed by atoms with van der Waals surface area (Å²) < 4.78 is 0. The summed E-state index contributed by atoms with van der Waals surface area (Å²) in [6.45, 7) is 1.67. The average Bonchev–Trinajstić information content (AvgIpc) is 2.92. The van der Waals surface area contributed by atoms with E-state index >= 15 is 0 Å². The Balaban J connectivity index is 2.02. The molecule has 1 unspecified atom stereocenters. The van der Waals surface area contributed by atoms with Crippen LogP contribution in [0.3, 0.4) is 0 Å². The Morgan fingerprint density at radius 3 is 3.05 bits per heavy atom. The van der Waals surface area contributed by atoms with E-state index < -0.39 is 5.97 Å². The number of likely N-dealkylation sites (tertiary alicyclic amines) is 1. The maximum Gasteiger partial charge on any atom is 0.328 e. The molecule has 0 aliphatic carbocycles. The molecule has 1 aromatic rings. The highest BCUT2D eigenvalue weighted by molar-refractivity contribution is 7.10. The third-order valence-corrected chi connectivity index (χ3v) is 4.55. The number of amides is 1. The smallest absolute Gasteiger partial charge is 0.328 e. The zero-order valence-corrected chi connectivity index (χ0v) is 12.9. The first-order valence-electron chi connectivity index (χ1n) is 7.04. The van der Waals surface area contributed by atoms with E-state index in [1.165, 1.54) is 0 Å². The minimum absolute atomic E-state index is 0.0520. The lowest BCUT2D eigenvalue weighted by Crippen LogP contribution is -2.48. The number of nitrogens with one attached hydrogen (secondary N) is 1. The van der Waals surface area contributed by atoms with Gasteiger partial charge in [0, 0.05) is 24.5 Å². The van der Waals surface area contributed by atoms with E-state index in [4.69, 9.17) is 5.11 Å². The molecular weight excluding hydrogens is 288 g/mol. The third-order valence-electron chi connectivity index (χ3n) is 3.61. The van der Waals surface area contributed by atoms with Crippen LogP contribution in [0.15, 0.2) is 17.5 Å². The van der Waals surface area contributed by atoms with Crippen molar-refractivity contribution in [3.8, 4) is 0 Å². The second-order valence-corrected chi connectivity index (χ2v) is 6.11. The summed E-state index contributed by atoms with van der Waals surface area (Å²) in [7, 11) is 1.68. The van der Waals surface area contributed by atoms with Gasteiger partial charge in [0.1, 0.15) is 0 Å². The predicted octanol–water partition coefficient (Wildman–Crippen LogP) is 1.95. The normalized spacial score (nSPS) is 19.8. The first-order chi connectivity index (χ1) is 10.1. The molecule has 0 saturated carbocycles. The fraction of sp³-hybridized carbons (Fsp3) is 0.467. The Morgan fingerprint density at radius 2 is 2.33 bits per heavy atom. The van der Waals surface area contributed by atoms with E-state index in [9.17, 15) is 9.59 Å². The van der Waals surface area contributed by atoms with Gasteiger partial charge in [-0.2, -0.15) is 0 Å². The quantitative estimate of drug-likeness (QED) is 0.816. The van der Waals surface area contributed by atoms with Gasteiger partial charge in [-0.15, -0.1) is 11.3 Å². The van der Waals surface area contributed by atoms with Crippen molar-refractivity contribution in [2.24, 2.45) is 0 Å². The third kappa shape index (κ3) is 4.41. The molecule has 1 amide bonds. The Kier molecular flexibility index (Phi) is 5.52. The highest BCUT2D eigenvalue weighted by Crippen LogP contribution is 2.23. The van der Waals surface area contributed by atoms with Crippen LogP contribution in [0.1, 0.15) is 29.7 Å². The van der Waals surface area contributed by atoms with Crippen LogP contribution < -0.4 is 5.32 Å². The molecule has 1 aliphatic rings. The standard InChI is InChI=1S/C15H20N2O3S/c1-16-15(20)13-4-2-3-7-17(13)9-12-8-11(10-21-12)5-6-14(18)19/h5-6,8,10,13H,2-4,7,9H2,1H3,(H,16,20)(H,18,19). The van der Waals surface area contributed by atoms with E-state index in [1.54, 1.807) is 24.5 Å². The van der Waals surface area contributed by atoms with Crippen molar-refractivity contribution in [3.63, 3.8) is 0 Å². The van der Waals surface area contributed by atoms with Crippen molar-refractivity contribution in [1.82, 2.24) is 10.2 Å². The number of nitrogens with zero attached hydrogens (tertiary/aromatic N) is 1. The summed E-state index contributed by atoms with van der Waals surface area (Å²) in [5, 5.41) is 13.3. The van der Waals surface area contributed by atoms with Crippen LogP contribution >= 0.6 is 11.3 Å². The fourth-order valence-electron chi connectivity index (χ4n) is 2.58. The fourth-order valence-corrected chi connectivity index (χ4v) is 3.46. The van der Waals surface area contributed by atoms with Crippen LogP contribution in [0, 0.1) is 0 Å². The highest BCUT2D eigenvalue weighted by Gasteiger charge is 2.28. The van der Waals surface area contributed by atoms with E-state index in [0.29, 0.717) is 0 Å². The van der Waals surface area contributed by atoms with Crippen molar-refractivity contribution in [1.29, 1.82) is 0 Å². The molecule has 1 atom stereocenters. The first-order valence-corrected chi connectivity index (χ1v) is 7.92. The van der Waals surface area contributed by atoms with Crippen molar-refractivity contribution < 1.29 is 14.7 Å². The van der Waals surface area contributed by atoms with Crippen LogP contribution in [0.25, 0.3) is 6.08 Å². The molecule has 5 nitrogen and oxygen atoms in total. The zero-order chi connectivity index (χ0) is 15.2. The summed E-state index contributed by atoms with van der Waals surface area (Å²) in [5.74, 6) is -0.865. The Bertz CT molecular complexity index is 539. The second kappa shape index (κ2) is 7.38. The summed E-state index contributed by atoms with van der Waals surface area (Å²) in [6.07, 6.45) is 5.84. The number of aliphatic carboxylic acids is 1. The lowest BCUT2D eigenvalue weighted by molar-refractivity contribution is -0.131. The van der Waals surface area contributed by atoms with Crippen molar-refractivity contribution in [2.45, 2.75) is 31.8 Å². The van der Waals surface area contributed by atoms with E-state index in [1.807, 2.05) is 11.4 Å². The van der Waals surface area contributed by atoms with Gasteiger partial charge in [-0.3, -0.25) is 9.69 Å². The van der Waals surface area contributed by atoms with Gasteiger partial charge in [0.2, 0.25) is 5.91 Å². The zero-order valence-electron chi connectivity index (χ0n) is 12.0. The lowest BCUT2D eigenvalue weighted by Gasteiger charge is -2.33. The average molecular weight is 308 g/mol. The van der Waals surface area contributed by atoms with Crippen LogP contribution in [0.5, 0.6) is 0 Å². The van der Waals surface area contributed by atoms with E-state index in [2.05, 4.69) is 10.2 Å². The molecule has 21 heavy (non-hydrogen) atoms. The number of hydrogen-bond donors (Lipinski definition) is 2. The molecule has 2 heterocycles. The summed E-state index contributed by atoms with van der Waals surface area (Å²) in [4.78, 5) is 25.8. The van der Waals surface area contributed by atoms with Gasteiger partial charge in [-0.1, -0.05) is 6.42 Å². The summed E-state index contributed by atoms with van der Waals surface area (Å²) >= 11 is 1.60. The first kappa shape index (κ1) is 15.7. The SMILES string of the molecule is CNC(=O)C1CCCCN1Cc1cc(C=CC(=O)O)cs1. The van der Waals surface area contributed by atoms with Crippen molar-refractivity contribution in [2.75, 3.05) is 13.6 Å². The Hall–Kier alpha value is -1.66. The number of rotatable bonds is 5. The van der Waals surface area contributed by atoms with Crippen LogP contribution in [-0.4, -0.2) is 41.5 Å². The van der Waals surface area contributed by atoms with Gasteiger partial charge >= 0.3 is 5.97 Å². The van der Waals surface area contributed by atoms with Crippen LogP contribution in [-0.2, 0) is 16.1 Å². The van der Waals surface area contributed by atoms with Crippen LogP contribution in [0.2, 0.25) is 0 Å². The number of likely N-dealkylation sites (N-methyl/N-ethyl adjacent to an activating group) is 1. The van der Waals surface area contributed by atoms with Crippen molar-refractivity contribution in [3.05, 3.63) is 28.0 Å². The second-order valence-electron chi connectivity index (χ2n) is 5.11. The van der Waals surface area contributed by atoms with Crippen LogP contribution in [0.4, 0.5) is 0 Å². The molecule has 1 aromatic heterocycles. The van der Waals surface area contributed by atoms with Gasteiger partial charge in [-0.05, 0) is 42.5 Å². The highest BCUT2D eigenvalue weighted by atomic mass is 32.1. The monoisotopic (exact) mass is 308 g/mol. The molecule has 6 heteroatoms. The molecule has 2 rings (SSSR count). The van der Waals surface area contributed by atoms with E-state index in [0.717, 1.165) is 48.9 Å². The minimum Gasteiger partial charge on any atom is -0.478 e. The molecule has 0 bridgehead atoms. The maximum absolute atomic E-state index is 11.9. The lowest BCUT2D eigenvalue weighted by atomic mass is 10.0. The molecule has 1 fully saturated rings.